The molecule has 0 radical (unpaired) electrons. The van der Waals surface area contributed by atoms with Crippen molar-refractivity contribution >= 4 is 28.0 Å². The smallest absolute Gasteiger partial charge is 0.407 e. The molecule has 3 aromatic carbocycles. The Bertz CT molecular complexity index is 1810. The van der Waals surface area contributed by atoms with Crippen molar-refractivity contribution in [3.63, 3.8) is 0 Å². The second kappa shape index (κ2) is 12.9. The zero-order valence-electron chi connectivity index (χ0n) is 27.3. The van der Waals surface area contributed by atoms with Gasteiger partial charge in [0.2, 0.25) is 5.96 Å². The number of aliphatic carboxylic acids is 1. The SMILES string of the molecule is Cc1c(C)c(S(=O)(=O)N(CCC[C@H](NC(=O)OCC2c3ccccc3-c3ccccc32)C(=O)O)C(=N)N)c(C)c2c1OC(C)(C)CC2. The van der Waals surface area contributed by atoms with Gasteiger partial charge in [-0.15, -0.1) is 0 Å². The summed E-state index contributed by atoms with van der Waals surface area (Å²) in [5.74, 6) is -1.49. The van der Waals surface area contributed by atoms with Crippen LogP contribution < -0.4 is 15.8 Å². The lowest BCUT2D eigenvalue weighted by atomic mass is 9.88. The molecule has 1 amide bonds. The number of guanidine groups is 1. The maximum Gasteiger partial charge on any atom is 0.407 e. The van der Waals surface area contributed by atoms with Gasteiger partial charge >= 0.3 is 12.1 Å². The van der Waals surface area contributed by atoms with Crippen molar-refractivity contribution < 1.29 is 32.6 Å². The van der Waals surface area contributed by atoms with Crippen molar-refractivity contribution in [2.24, 2.45) is 5.73 Å². The maximum absolute atomic E-state index is 14.0. The molecule has 0 spiro atoms. The molecule has 0 unspecified atom stereocenters. The molecule has 0 saturated carbocycles. The first-order valence-electron chi connectivity index (χ1n) is 15.7. The van der Waals surface area contributed by atoms with Crippen molar-refractivity contribution in [3.8, 4) is 16.9 Å². The predicted octanol–water partition coefficient (Wildman–Crippen LogP) is 5.37. The topological polar surface area (TPSA) is 172 Å². The number of sulfonamides is 1. The van der Waals surface area contributed by atoms with Gasteiger partial charge in [0.1, 0.15) is 24.0 Å². The van der Waals surface area contributed by atoms with Gasteiger partial charge in [0, 0.05) is 12.5 Å². The summed E-state index contributed by atoms with van der Waals surface area (Å²) in [6.45, 7) is 9.01. The van der Waals surface area contributed by atoms with Crippen LogP contribution in [0.15, 0.2) is 53.4 Å². The number of benzene rings is 3. The van der Waals surface area contributed by atoms with E-state index in [9.17, 15) is 23.1 Å². The van der Waals surface area contributed by atoms with E-state index in [4.69, 9.17) is 20.6 Å². The van der Waals surface area contributed by atoms with Crippen LogP contribution in [0, 0.1) is 26.2 Å². The lowest BCUT2D eigenvalue weighted by Crippen LogP contribution is -2.44. The first-order valence-corrected chi connectivity index (χ1v) is 17.1. The fourth-order valence-electron chi connectivity index (χ4n) is 6.69. The molecule has 1 heterocycles. The summed E-state index contributed by atoms with van der Waals surface area (Å²) < 4.78 is 40.6. The van der Waals surface area contributed by atoms with Gasteiger partial charge in [0.25, 0.3) is 10.0 Å². The predicted molar refractivity (Wildman–Crippen MR) is 178 cm³/mol. The monoisotopic (exact) mass is 662 g/mol. The number of rotatable bonds is 10. The highest BCUT2D eigenvalue weighted by molar-refractivity contribution is 7.89. The number of fused-ring (bicyclic) bond motifs is 4. The molecule has 0 bridgehead atoms. The van der Waals surface area contributed by atoms with Crippen molar-refractivity contribution in [1.82, 2.24) is 9.62 Å². The minimum atomic E-state index is -4.29. The van der Waals surface area contributed by atoms with Crippen LogP contribution in [-0.4, -0.2) is 60.6 Å². The molecule has 0 fully saturated rings. The summed E-state index contributed by atoms with van der Waals surface area (Å²) in [7, 11) is -4.29. The Kier molecular flexibility index (Phi) is 9.27. The first kappa shape index (κ1) is 33.8. The van der Waals surface area contributed by atoms with Gasteiger partial charge in [-0.3, -0.25) is 5.41 Å². The van der Waals surface area contributed by atoms with Crippen molar-refractivity contribution in [3.05, 3.63) is 81.9 Å². The molecule has 3 aromatic rings. The second-order valence-electron chi connectivity index (χ2n) is 12.8. The molecule has 1 atom stereocenters. The molecule has 0 saturated heterocycles. The average molecular weight is 663 g/mol. The number of nitrogens with zero attached hydrogens (tertiary/aromatic N) is 1. The molecule has 2 aliphatic rings. The third-order valence-corrected chi connectivity index (χ3v) is 11.4. The molecule has 250 valence electrons. The van der Waals surface area contributed by atoms with Gasteiger partial charge in [0.05, 0.1) is 4.90 Å². The van der Waals surface area contributed by atoms with E-state index in [0.29, 0.717) is 35.3 Å². The number of hydrogen-bond donors (Lipinski definition) is 4. The largest absolute Gasteiger partial charge is 0.487 e. The lowest BCUT2D eigenvalue weighted by Gasteiger charge is -2.36. The van der Waals surface area contributed by atoms with Crippen molar-refractivity contribution in [1.29, 1.82) is 5.41 Å². The van der Waals surface area contributed by atoms with Gasteiger partial charge < -0.3 is 25.6 Å². The first-order chi connectivity index (χ1) is 22.1. The number of alkyl carbamates (subject to hydrolysis) is 1. The van der Waals surface area contributed by atoms with Gasteiger partial charge in [-0.05, 0) is 105 Å². The molecule has 47 heavy (non-hydrogen) atoms. The standard InChI is InChI=1S/C35H42N4O7S/c1-20-21(2)31(22(3)23-16-17-35(4,5)46-30(20)23)47(43,44)39(33(36)37)18-10-15-29(32(40)41)38-34(42)45-19-28-26-13-8-6-11-24(26)25-12-7-9-14-27(25)28/h6-9,11-14,28-29H,10,15-19H2,1-5H3,(H3,36,37)(H,38,42)(H,40,41)/t29-/m0/s1. The Balaban J connectivity index is 1.25. The zero-order valence-corrected chi connectivity index (χ0v) is 28.2. The Morgan fingerprint density at radius 1 is 1.06 bits per heavy atom. The van der Waals surface area contributed by atoms with E-state index in [1.807, 2.05) is 69.3 Å². The van der Waals surface area contributed by atoms with Crippen LogP contribution in [0.5, 0.6) is 5.75 Å². The molecule has 5 N–H and O–H groups in total. The molecule has 1 aliphatic heterocycles. The Hall–Kier alpha value is -4.58. The van der Waals surface area contributed by atoms with E-state index in [1.54, 1.807) is 13.8 Å². The van der Waals surface area contributed by atoms with E-state index in [0.717, 1.165) is 32.1 Å². The van der Waals surface area contributed by atoms with E-state index in [-0.39, 0.29) is 42.4 Å². The molecule has 5 rings (SSSR count). The number of carbonyl (C=O) groups excluding carboxylic acids is 1. The van der Waals surface area contributed by atoms with E-state index in [1.165, 1.54) is 0 Å². The van der Waals surface area contributed by atoms with E-state index >= 15 is 0 Å². The van der Waals surface area contributed by atoms with Gasteiger partial charge in [-0.25, -0.2) is 22.3 Å². The Morgan fingerprint density at radius 2 is 1.66 bits per heavy atom. The Morgan fingerprint density at radius 3 is 2.23 bits per heavy atom. The second-order valence-corrected chi connectivity index (χ2v) is 14.6. The molecular formula is C35H42N4O7S. The number of carbonyl (C=O) groups is 2. The van der Waals surface area contributed by atoms with Gasteiger partial charge in [-0.2, -0.15) is 0 Å². The summed E-state index contributed by atoms with van der Waals surface area (Å²) in [6, 6.07) is 14.4. The number of carboxylic acids is 1. The van der Waals surface area contributed by atoms with Crippen LogP contribution in [0.1, 0.15) is 72.4 Å². The van der Waals surface area contributed by atoms with Crippen molar-refractivity contribution in [2.45, 2.75) is 82.8 Å². The lowest BCUT2D eigenvalue weighted by molar-refractivity contribution is -0.139. The molecular weight excluding hydrogens is 620 g/mol. The highest BCUT2D eigenvalue weighted by atomic mass is 32.2. The van der Waals surface area contributed by atoms with E-state index in [2.05, 4.69) is 5.32 Å². The number of nitrogens with one attached hydrogen (secondary N) is 2. The minimum Gasteiger partial charge on any atom is -0.487 e. The van der Waals surface area contributed by atoms with Gasteiger partial charge in [-0.1, -0.05) is 48.5 Å². The number of hydrogen-bond acceptors (Lipinski definition) is 7. The summed E-state index contributed by atoms with van der Waals surface area (Å²) in [5.41, 5.74) is 12.2. The summed E-state index contributed by atoms with van der Waals surface area (Å²) >= 11 is 0. The Labute approximate surface area is 275 Å². The van der Waals surface area contributed by atoms with Crippen molar-refractivity contribution in [2.75, 3.05) is 13.2 Å². The number of amides is 1. The fraction of sp³-hybridized carbons (Fsp3) is 0.400. The minimum absolute atomic E-state index is 0.00124. The maximum atomic E-state index is 14.0. The van der Waals surface area contributed by atoms with Crippen LogP contribution in [-0.2, 0) is 26.0 Å². The zero-order chi connectivity index (χ0) is 34.3. The van der Waals surface area contributed by atoms with Gasteiger partial charge in [0.15, 0.2) is 0 Å². The third-order valence-electron chi connectivity index (χ3n) is 9.27. The molecule has 1 aliphatic carbocycles. The third kappa shape index (κ3) is 6.51. The average Bonchev–Trinajstić information content (AvgIpc) is 3.33. The molecule has 11 nitrogen and oxygen atoms in total. The summed E-state index contributed by atoms with van der Waals surface area (Å²) in [4.78, 5) is 24.9. The number of ether oxygens (including phenoxy) is 2. The van der Waals surface area contributed by atoms with Crippen LogP contribution in [0.2, 0.25) is 0 Å². The summed E-state index contributed by atoms with van der Waals surface area (Å²) in [6.07, 6.45) is 0.338. The quantitative estimate of drug-likeness (QED) is 0.166. The number of nitrogens with two attached hydrogens (primary N) is 1. The normalized spacial score (nSPS) is 15.4. The van der Waals surface area contributed by atoms with Crippen LogP contribution in [0.4, 0.5) is 4.79 Å². The highest BCUT2D eigenvalue weighted by Crippen LogP contribution is 2.45. The highest BCUT2D eigenvalue weighted by Gasteiger charge is 2.36. The van der Waals surface area contributed by atoms with Crippen LogP contribution >= 0.6 is 0 Å². The van der Waals surface area contributed by atoms with E-state index < -0.39 is 34.1 Å². The van der Waals surface area contributed by atoms with Crippen LogP contribution in [0.25, 0.3) is 11.1 Å². The molecule has 12 heteroatoms. The summed E-state index contributed by atoms with van der Waals surface area (Å²) in [5, 5.41) is 20.4. The number of carboxylic acid groups (broad SMARTS) is 1. The van der Waals surface area contributed by atoms with Crippen LogP contribution in [0.3, 0.4) is 0 Å². The molecule has 0 aromatic heterocycles. The fourth-order valence-corrected chi connectivity index (χ4v) is 8.59.